The minimum absolute atomic E-state index is 0.0845. The zero-order chi connectivity index (χ0) is 21.5. The Balaban J connectivity index is 1.50. The Labute approximate surface area is 180 Å². The first-order chi connectivity index (χ1) is 14.3. The van der Waals surface area contributed by atoms with Crippen LogP contribution in [0.25, 0.3) is 17.3 Å². The molecule has 1 aromatic heterocycles. The van der Waals surface area contributed by atoms with Crippen molar-refractivity contribution in [3.8, 4) is 11.3 Å². The number of carbonyl (C=O) groups excluding carboxylic acids is 2. The van der Waals surface area contributed by atoms with E-state index in [-0.39, 0.29) is 11.8 Å². The number of aryl methyl sites for hydroxylation is 1. The van der Waals surface area contributed by atoms with Gasteiger partial charge in [0.15, 0.2) is 5.13 Å². The first kappa shape index (κ1) is 20.0. The Hall–Kier alpha value is -3.25. The molecule has 2 aromatic carbocycles. The van der Waals surface area contributed by atoms with Crippen LogP contribution in [-0.4, -0.2) is 23.8 Å². The monoisotopic (exact) mass is 417 g/mol. The second-order valence-corrected chi connectivity index (χ2v) is 8.85. The van der Waals surface area contributed by atoms with E-state index in [1.54, 1.807) is 18.0 Å². The number of benzene rings is 2. The molecule has 152 valence electrons. The highest BCUT2D eigenvalue weighted by Crippen LogP contribution is 2.42. The first-order valence-corrected chi connectivity index (χ1v) is 10.6. The molecule has 0 aliphatic carbocycles. The third-order valence-corrected chi connectivity index (χ3v) is 6.16. The Morgan fingerprint density at radius 3 is 2.63 bits per heavy atom. The van der Waals surface area contributed by atoms with E-state index in [9.17, 15) is 9.59 Å². The van der Waals surface area contributed by atoms with Crippen molar-refractivity contribution in [2.45, 2.75) is 26.2 Å². The number of aromatic nitrogens is 1. The van der Waals surface area contributed by atoms with Gasteiger partial charge < -0.3 is 4.90 Å². The summed E-state index contributed by atoms with van der Waals surface area (Å²) in [6.45, 7) is 5.90. The predicted octanol–water partition coefficient (Wildman–Crippen LogP) is 5.02. The van der Waals surface area contributed by atoms with Gasteiger partial charge in [0.05, 0.1) is 11.1 Å². The van der Waals surface area contributed by atoms with E-state index in [0.29, 0.717) is 5.13 Å². The van der Waals surface area contributed by atoms with Crippen LogP contribution in [0.15, 0.2) is 53.9 Å². The van der Waals surface area contributed by atoms with Crippen LogP contribution < -0.4 is 10.2 Å². The van der Waals surface area contributed by atoms with Gasteiger partial charge in [-0.25, -0.2) is 4.98 Å². The van der Waals surface area contributed by atoms with Crippen LogP contribution in [0.4, 0.5) is 10.8 Å². The number of carbonyl (C=O) groups is 2. The summed E-state index contributed by atoms with van der Waals surface area (Å²) in [5, 5.41) is 5.27. The molecular weight excluding hydrogens is 394 g/mol. The molecule has 1 aliphatic heterocycles. The molecule has 1 N–H and O–H groups in total. The van der Waals surface area contributed by atoms with Crippen molar-refractivity contribution in [2.75, 3.05) is 17.3 Å². The fourth-order valence-electron chi connectivity index (χ4n) is 3.59. The van der Waals surface area contributed by atoms with Crippen molar-refractivity contribution in [1.29, 1.82) is 0 Å². The summed E-state index contributed by atoms with van der Waals surface area (Å²) in [6, 6.07) is 13.9. The zero-order valence-corrected chi connectivity index (χ0v) is 18.2. The molecule has 5 nitrogen and oxygen atoms in total. The summed E-state index contributed by atoms with van der Waals surface area (Å²) in [5.74, 6) is -0.139. The second-order valence-electron chi connectivity index (χ2n) is 7.99. The molecule has 1 aliphatic rings. The molecule has 0 unspecified atom stereocenters. The fourth-order valence-corrected chi connectivity index (χ4v) is 4.32. The Morgan fingerprint density at radius 2 is 1.90 bits per heavy atom. The molecule has 0 bridgehead atoms. The number of hydrogen-bond donors (Lipinski definition) is 1. The summed E-state index contributed by atoms with van der Waals surface area (Å²) in [5.41, 5.74) is 5.21. The summed E-state index contributed by atoms with van der Waals surface area (Å²) < 4.78 is 0. The standard InChI is InChI=1S/C24H23N3O2S/c1-15-5-7-16(8-6-15)9-12-21(28)26-23-25-19(14-30-23)17-10-11-20-18(13-17)24(2,3)22(29)27(20)4/h5-14H,1-4H3,(H,25,26,28)/b12-9+. The van der Waals surface area contributed by atoms with Gasteiger partial charge >= 0.3 is 0 Å². The van der Waals surface area contributed by atoms with Crippen molar-refractivity contribution in [3.05, 3.63) is 70.6 Å². The Bertz CT molecular complexity index is 1160. The lowest BCUT2D eigenvalue weighted by atomic mass is 9.85. The molecule has 2 amide bonds. The van der Waals surface area contributed by atoms with Gasteiger partial charge in [0.25, 0.3) is 0 Å². The van der Waals surface area contributed by atoms with Crippen molar-refractivity contribution in [3.63, 3.8) is 0 Å². The number of anilines is 2. The van der Waals surface area contributed by atoms with E-state index in [1.807, 2.05) is 68.6 Å². The van der Waals surface area contributed by atoms with Crippen LogP contribution in [-0.2, 0) is 15.0 Å². The van der Waals surface area contributed by atoms with E-state index in [4.69, 9.17) is 0 Å². The smallest absolute Gasteiger partial charge is 0.250 e. The highest BCUT2D eigenvalue weighted by atomic mass is 32.1. The molecule has 30 heavy (non-hydrogen) atoms. The van der Waals surface area contributed by atoms with Crippen molar-refractivity contribution < 1.29 is 9.59 Å². The largest absolute Gasteiger partial charge is 0.314 e. The number of nitrogens with one attached hydrogen (secondary N) is 1. The van der Waals surface area contributed by atoms with Crippen LogP contribution in [0.5, 0.6) is 0 Å². The van der Waals surface area contributed by atoms with Crippen LogP contribution in [0.3, 0.4) is 0 Å². The molecule has 0 radical (unpaired) electrons. The molecule has 3 aromatic rings. The predicted molar refractivity (Wildman–Crippen MR) is 123 cm³/mol. The van der Waals surface area contributed by atoms with Gasteiger partial charge in [-0.05, 0) is 50.1 Å². The topological polar surface area (TPSA) is 62.3 Å². The maximum absolute atomic E-state index is 12.5. The number of fused-ring (bicyclic) bond motifs is 1. The third-order valence-electron chi connectivity index (χ3n) is 5.41. The minimum atomic E-state index is -0.562. The molecule has 0 atom stereocenters. The van der Waals surface area contributed by atoms with Crippen LogP contribution in [0.1, 0.15) is 30.5 Å². The van der Waals surface area contributed by atoms with Crippen molar-refractivity contribution >= 4 is 40.0 Å². The second kappa shape index (κ2) is 7.54. The van der Waals surface area contributed by atoms with Gasteiger partial charge in [-0.2, -0.15) is 0 Å². The number of nitrogens with zero attached hydrogens (tertiary/aromatic N) is 2. The molecule has 4 rings (SSSR count). The van der Waals surface area contributed by atoms with Gasteiger partial charge in [-0.1, -0.05) is 35.9 Å². The summed E-state index contributed by atoms with van der Waals surface area (Å²) in [7, 11) is 1.80. The third kappa shape index (κ3) is 3.66. The van der Waals surface area contributed by atoms with E-state index in [1.165, 1.54) is 23.0 Å². The van der Waals surface area contributed by atoms with E-state index < -0.39 is 5.41 Å². The van der Waals surface area contributed by atoms with Gasteiger partial charge in [-0.15, -0.1) is 11.3 Å². The van der Waals surface area contributed by atoms with Crippen molar-refractivity contribution in [2.24, 2.45) is 0 Å². The average Bonchev–Trinajstić information content (AvgIpc) is 3.25. The molecule has 0 saturated heterocycles. The van der Waals surface area contributed by atoms with E-state index in [0.717, 1.165) is 28.1 Å². The number of likely N-dealkylation sites (N-methyl/N-ethyl adjacent to an activating group) is 1. The highest BCUT2D eigenvalue weighted by molar-refractivity contribution is 7.14. The SMILES string of the molecule is Cc1ccc(/C=C/C(=O)Nc2nc(-c3ccc4c(c3)C(C)(C)C(=O)N4C)cs2)cc1. The zero-order valence-electron chi connectivity index (χ0n) is 17.4. The van der Waals surface area contributed by atoms with Gasteiger partial charge in [0.1, 0.15) is 0 Å². The quantitative estimate of drug-likeness (QED) is 0.606. The van der Waals surface area contributed by atoms with Gasteiger partial charge in [0.2, 0.25) is 11.8 Å². The number of rotatable bonds is 4. The van der Waals surface area contributed by atoms with Crippen LogP contribution >= 0.6 is 11.3 Å². The number of thiazole rings is 1. The average molecular weight is 418 g/mol. The maximum atomic E-state index is 12.5. The number of amides is 2. The minimum Gasteiger partial charge on any atom is -0.314 e. The Kier molecular flexibility index (Phi) is 5.03. The van der Waals surface area contributed by atoms with Crippen LogP contribution in [0, 0.1) is 6.92 Å². The molecule has 6 heteroatoms. The summed E-state index contributed by atoms with van der Waals surface area (Å²) in [4.78, 5) is 31.0. The van der Waals surface area contributed by atoms with E-state index in [2.05, 4.69) is 10.3 Å². The normalized spacial score (nSPS) is 14.9. The lowest BCUT2D eigenvalue weighted by molar-refractivity contribution is -0.121. The van der Waals surface area contributed by atoms with Crippen LogP contribution in [0.2, 0.25) is 0 Å². The molecular formula is C24H23N3O2S. The van der Waals surface area contributed by atoms with Gasteiger partial charge in [-0.3, -0.25) is 14.9 Å². The lowest BCUT2D eigenvalue weighted by Gasteiger charge is -2.16. The Morgan fingerprint density at radius 1 is 1.17 bits per heavy atom. The number of hydrogen-bond acceptors (Lipinski definition) is 4. The maximum Gasteiger partial charge on any atom is 0.250 e. The highest BCUT2D eigenvalue weighted by Gasteiger charge is 2.42. The summed E-state index contributed by atoms with van der Waals surface area (Å²) >= 11 is 1.38. The van der Waals surface area contributed by atoms with Crippen molar-refractivity contribution in [1.82, 2.24) is 4.98 Å². The molecule has 0 spiro atoms. The molecule has 0 fully saturated rings. The lowest BCUT2D eigenvalue weighted by Crippen LogP contribution is -2.33. The molecule has 2 heterocycles. The summed E-state index contributed by atoms with van der Waals surface area (Å²) in [6.07, 6.45) is 3.28. The van der Waals surface area contributed by atoms with E-state index >= 15 is 0 Å². The molecule has 0 saturated carbocycles. The van der Waals surface area contributed by atoms with Gasteiger partial charge in [0, 0.05) is 29.8 Å². The fraction of sp³-hybridized carbons (Fsp3) is 0.208. The first-order valence-electron chi connectivity index (χ1n) is 9.70.